The summed E-state index contributed by atoms with van der Waals surface area (Å²) in [6.07, 6.45) is 0. The molecule has 1 saturated heterocycles. The van der Waals surface area contributed by atoms with Crippen molar-refractivity contribution in [3.05, 3.63) is 48.5 Å². The van der Waals surface area contributed by atoms with Gasteiger partial charge in [-0.2, -0.15) is 0 Å². The van der Waals surface area contributed by atoms with Gasteiger partial charge in [-0.15, -0.1) is 0 Å². The molecule has 146 valence electrons. The van der Waals surface area contributed by atoms with Crippen molar-refractivity contribution in [3.8, 4) is 11.5 Å². The summed E-state index contributed by atoms with van der Waals surface area (Å²) < 4.78 is 10.3. The molecule has 2 aromatic rings. The number of nitrogens with one attached hydrogen (secondary N) is 2. The first-order chi connectivity index (χ1) is 13.5. The molecule has 1 aliphatic heterocycles. The van der Waals surface area contributed by atoms with Gasteiger partial charge in [0.1, 0.15) is 11.5 Å². The van der Waals surface area contributed by atoms with Crippen molar-refractivity contribution >= 4 is 63.4 Å². The molecule has 2 aromatic carbocycles. The highest BCUT2D eigenvalue weighted by atomic mass is 32.1. The van der Waals surface area contributed by atoms with Crippen molar-refractivity contribution in [1.82, 2.24) is 9.80 Å². The van der Waals surface area contributed by atoms with E-state index in [1.54, 1.807) is 14.2 Å². The molecule has 9 heteroatoms. The number of rotatable bonds is 4. The standard InChI is InChI=1S/C19H20N4O2S3/c1-24-15-7-3-13(4-8-15)20-17(26)22-11-12-23(19(22)28)18(27)21-14-5-9-16(25-2)10-6-14/h3-10H,11-12H2,1-2H3,(H,20,26)(H,21,27). The van der Waals surface area contributed by atoms with Gasteiger partial charge in [0.15, 0.2) is 15.3 Å². The van der Waals surface area contributed by atoms with Gasteiger partial charge in [0.05, 0.1) is 14.2 Å². The lowest BCUT2D eigenvalue weighted by Crippen LogP contribution is -2.42. The zero-order valence-electron chi connectivity index (χ0n) is 15.5. The average Bonchev–Trinajstić information content (AvgIpc) is 3.10. The van der Waals surface area contributed by atoms with Gasteiger partial charge in [0.25, 0.3) is 0 Å². The zero-order chi connectivity index (χ0) is 20.1. The van der Waals surface area contributed by atoms with Gasteiger partial charge < -0.3 is 20.1 Å². The van der Waals surface area contributed by atoms with E-state index in [0.29, 0.717) is 28.4 Å². The van der Waals surface area contributed by atoms with E-state index in [0.717, 1.165) is 22.9 Å². The highest BCUT2D eigenvalue weighted by molar-refractivity contribution is 7.82. The Balaban J connectivity index is 1.59. The van der Waals surface area contributed by atoms with Crippen molar-refractivity contribution in [2.24, 2.45) is 0 Å². The van der Waals surface area contributed by atoms with Gasteiger partial charge in [-0.05, 0) is 85.2 Å². The Kier molecular flexibility index (Phi) is 6.61. The monoisotopic (exact) mass is 432 g/mol. The third-order valence-electron chi connectivity index (χ3n) is 4.18. The molecular weight excluding hydrogens is 412 g/mol. The van der Waals surface area contributed by atoms with Crippen molar-refractivity contribution in [2.75, 3.05) is 37.9 Å². The van der Waals surface area contributed by atoms with Crippen molar-refractivity contribution in [1.29, 1.82) is 0 Å². The van der Waals surface area contributed by atoms with Crippen LogP contribution in [0.2, 0.25) is 0 Å². The largest absolute Gasteiger partial charge is 0.497 e. The zero-order valence-corrected chi connectivity index (χ0v) is 17.9. The molecule has 0 radical (unpaired) electrons. The number of benzene rings is 2. The van der Waals surface area contributed by atoms with Gasteiger partial charge in [-0.25, -0.2) is 0 Å². The Morgan fingerprint density at radius 2 is 1.11 bits per heavy atom. The number of nitrogens with zero attached hydrogens (tertiary/aromatic N) is 2. The second-order valence-electron chi connectivity index (χ2n) is 5.90. The number of anilines is 2. The van der Waals surface area contributed by atoms with Crippen LogP contribution in [-0.2, 0) is 0 Å². The first kappa shape index (κ1) is 20.2. The van der Waals surface area contributed by atoms with E-state index in [1.165, 1.54) is 0 Å². The predicted octanol–water partition coefficient (Wildman–Crippen LogP) is 3.70. The first-order valence-electron chi connectivity index (χ1n) is 8.51. The fraction of sp³-hybridized carbons (Fsp3) is 0.211. The summed E-state index contributed by atoms with van der Waals surface area (Å²) in [6, 6.07) is 15.1. The maximum Gasteiger partial charge on any atom is 0.184 e. The number of hydrogen-bond acceptors (Lipinski definition) is 5. The minimum atomic E-state index is 0.532. The van der Waals surface area contributed by atoms with Crippen molar-refractivity contribution in [2.45, 2.75) is 0 Å². The Labute approximate surface area is 180 Å². The summed E-state index contributed by atoms with van der Waals surface area (Å²) >= 11 is 16.6. The topological polar surface area (TPSA) is 49.0 Å². The Morgan fingerprint density at radius 3 is 1.43 bits per heavy atom. The highest BCUT2D eigenvalue weighted by Crippen LogP contribution is 2.19. The molecule has 0 saturated carbocycles. The minimum Gasteiger partial charge on any atom is -0.497 e. The van der Waals surface area contributed by atoms with Gasteiger partial charge in [-0.3, -0.25) is 9.80 Å². The molecule has 0 bridgehead atoms. The van der Waals surface area contributed by atoms with Crippen LogP contribution in [0.1, 0.15) is 0 Å². The van der Waals surface area contributed by atoms with Crippen LogP contribution in [0.3, 0.4) is 0 Å². The van der Waals surface area contributed by atoms with Gasteiger partial charge >= 0.3 is 0 Å². The molecule has 0 amide bonds. The molecule has 6 nitrogen and oxygen atoms in total. The molecule has 1 fully saturated rings. The molecule has 0 aromatic heterocycles. The van der Waals surface area contributed by atoms with Crippen LogP contribution in [0.15, 0.2) is 48.5 Å². The Hall–Kier alpha value is -2.49. The lowest BCUT2D eigenvalue weighted by molar-refractivity contribution is 0.415. The van der Waals surface area contributed by atoms with Crippen LogP contribution < -0.4 is 20.1 Å². The van der Waals surface area contributed by atoms with Crippen LogP contribution in [0, 0.1) is 0 Å². The van der Waals surface area contributed by atoms with E-state index >= 15 is 0 Å². The van der Waals surface area contributed by atoms with E-state index in [1.807, 2.05) is 58.3 Å². The van der Waals surface area contributed by atoms with Crippen LogP contribution in [0.4, 0.5) is 11.4 Å². The maximum atomic E-state index is 5.58. The lowest BCUT2D eigenvalue weighted by atomic mass is 10.3. The number of thiocarbonyl (C=S) groups is 3. The smallest absolute Gasteiger partial charge is 0.184 e. The summed E-state index contributed by atoms with van der Waals surface area (Å²) in [7, 11) is 3.26. The van der Waals surface area contributed by atoms with Gasteiger partial charge in [0.2, 0.25) is 0 Å². The molecule has 28 heavy (non-hydrogen) atoms. The first-order valence-corrected chi connectivity index (χ1v) is 9.73. The van der Waals surface area contributed by atoms with E-state index in [4.69, 9.17) is 46.1 Å². The van der Waals surface area contributed by atoms with Gasteiger partial charge in [0, 0.05) is 24.5 Å². The van der Waals surface area contributed by atoms with Crippen molar-refractivity contribution < 1.29 is 9.47 Å². The number of hydrogen-bond donors (Lipinski definition) is 2. The number of ether oxygens (including phenoxy) is 2. The number of methoxy groups -OCH3 is 2. The second kappa shape index (κ2) is 9.13. The molecule has 3 rings (SSSR count). The summed E-state index contributed by atoms with van der Waals surface area (Å²) in [6.45, 7) is 1.32. The highest BCUT2D eigenvalue weighted by Gasteiger charge is 2.30. The molecule has 2 N–H and O–H groups in total. The summed E-state index contributed by atoms with van der Waals surface area (Å²) in [4.78, 5) is 3.72. The Morgan fingerprint density at radius 1 is 0.750 bits per heavy atom. The van der Waals surface area contributed by atoms with E-state index in [-0.39, 0.29) is 0 Å². The van der Waals surface area contributed by atoms with Crippen LogP contribution in [0.25, 0.3) is 0 Å². The van der Waals surface area contributed by atoms with Crippen LogP contribution >= 0.6 is 36.7 Å². The summed E-state index contributed by atoms with van der Waals surface area (Å²) in [5, 5.41) is 8.03. The van der Waals surface area contributed by atoms with E-state index < -0.39 is 0 Å². The molecule has 1 aliphatic rings. The van der Waals surface area contributed by atoms with Crippen LogP contribution in [-0.4, -0.2) is 52.4 Å². The quantitative estimate of drug-likeness (QED) is 0.704. The molecule has 0 unspecified atom stereocenters. The second-order valence-corrected chi connectivity index (χ2v) is 7.04. The normalized spacial score (nSPS) is 13.3. The SMILES string of the molecule is COc1ccc(NC(=S)N2CCN(C(=S)Nc3ccc(OC)cc3)C2=S)cc1. The fourth-order valence-electron chi connectivity index (χ4n) is 2.64. The fourth-order valence-corrected chi connectivity index (χ4v) is 3.72. The van der Waals surface area contributed by atoms with E-state index in [2.05, 4.69) is 10.6 Å². The molecule has 0 aliphatic carbocycles. The Bertz CT molecular complexity index is 800. The van der Waals surface area contributed by atoms with E-state index in [9.17, 15) is 0 Å². The van der Waals surface area contributed by atoms with Crippen LogP contribution in [0.5, 0.6) is 11.5 Å². The maximum absolute atomic E-state index is 5.58. The summed E-state index contributed by atoms with van der Waals surface area (Å²) in [5.41, 5.74) is 1.73. The molecular formula is C19H20N4O2S3. The molecule has 0 atom stereocenters. The van der Waals surface area contributed by atoms with Gasteiger partial charge in [-0.1, -0.05) is 0 Å². The lowest BCUT2D eigenvalue weighted by Gasteiger charge is -2.23. The summed E-state index contributed by atoms with van der Waals surface area (Å²) in [5.74, 6) is 1.57. The molecule has 0 spiro atoms. The third-order valence-corrected chi connectivity index (χ3v) is 5.27. The van der Waals surface area contributed by atoms with Crippen molar-refractivity contribution in [3.63, 3.8) is 0 Å². The third kappa shape index (κ3) is 4.67. The average molecular weight is 433 g/mol. The molecule has 1 heterocycles. The minimum absolute atomic E-state index is 0.532. The predicted molar refractivity (Wildman–Crippen MR) is 124 cm³/mol.